The first-order chi connectivity index (χ1) is 15.2. The molecule has 3 aliphatic carbocycles. The number of carbonyl (C=O) groups is 2. The predicted octanol–water partition coefficient (Wildman–Crippen LogP) is 0.935. The molecule has 32 heavy (non-hydrogen) atoms. The Bertz CT molecular complexity index is 863. The average molecular weight is 477 g/mol. The van der Waals surface area contributed by atoms with Gasteiger partial charge < -0.3 is 25.4 Å². The largest absolute Gasteiger partial charge is 0.484 e. The zero-order chi connectivity index (χ0) is 22.9. The molecule has 176 valence electrons. The van der Waals surface area contributed by atoms with E-state index in [9.17, 15) is 22.8 Å². The van der Waals surface area contributed by atoms with Crippen molar-refractivity contribution >= 4 is 23.4 Å². The van der Waals surface area contributed by atoms with Crippen molar-refractivity contribution in [1.29, 1.82) is 0 Å². The lowest BCUT2D eigenvalue weighted by Gasteiger charge is -2.70. The molecule has 4 aliphatic rings. The number of benzene rings is 1. The predicted molar refractivity (Wildman–Crippen MR) is 108 cm³/mol. The molecular formula is C20H24ClF3N4O4. The van der Waals surface area contributed by atoms with E-state index in [1.807, 2.05) is 0 Å². The zero-order valence-electron chi connectivity index (χ0n) is 17.1. The zero-order valence-corrected chi connectivity index (χ0v) is 17.8. The minimum atomic E-state index is -2.46. The number of amides is 2. The van der Waals surface area contributed by atoms with Gasteiger partial charge in [0.15, 0.2) is 6.61 Å². The Morgan fingerprint density at radius 3 is 2.31 bits per heavy atom. The Balaban J connectivity index is 1.12. The van der Waals surface area contributed by atoms with Gasteiger partial charge in [-0.25, -0.2) is 13.2 Å². The summed E-state index contributed by atoms with van der Waals surface area (Å²) in [6.07, 6.45) is -1.16. The molecule has 2 bridgehead atoms. The normalized spacial score (nSPS) is 30.8. The molecule has 3 saturated carbocycles. The van der Waals surface area contributed by atoms with Gasteiger partial charge in [-0.15, -0.1) is 0 Å². The lowest BCUT2D eigenvalue weighted by atomic mass is 9.44. The topological polar surface area (TPSA) is 101 Å². The third kappa shape index (κ3) is 5.11. The smallest absolute Gasteiger partial charge is 0.258 e. The summed E-state index contributed by atoms with van der Waals surface area (Å²) in [5.74, 6) is -1.05. The second-order valence-electron chi connectivity index (χ2n) is 8.61. The second-order valence-corrected chi connectivity index (χ2v) is 9.02. The molecule has 1 aromatic carbocycles. The second kappa shape index (κ2) is 9.05. The van der Waals surface area contributed by atoms with Crippen LogP contribution in [0.3, 0.4) is 0 Å². The van der Waals surface area contributed by atoms with Gasteiger partial charge in [0, 0.05) is 30.2 Å². The van der Waals surface area contributed by atoms with Crippen LogP contribution in [0, 0.1) is 5.82 Å². The molecule has 4 fully saturated rings. The Labute approximate surface area is 187 Å². The quantitative estimate of drug-likeness (QED) is 0.423. The summed E-state index contributed by atoms with van der Waals surface area (Å²) < 4.78 is 49.3. The highest BCUT2D eigenvalue weighted by atomic mass is 35.5. The summed E-state index contributed by atoms with van der Waals surface area (Å²) in [6.45, 7) is -0.198. The summed E-state index contributed by atoms with van der Waals surface area (Å²) in [4.78, 5) is 24.3. The van der Waals surface area contributed by atoms with Crippen molar-refractivity contribution in [3.8, 4) is 5.75 Å². The number of nitrogens with one attached hydrogen (secondary N) is 4. The van der Waals surface area contributed by atoms with Gasteiger partial charge in [0.25, 0.3) is 12.3 Å². The van der Waals surface area contributed by atoms with Crippen LogP contribution in [-0.2, 0) is 14.3 Å². The van der Waals surface area contributed by atoms with Crippen LogP contribution in [-0.4, -0.2) is 67.9 Å². The first-order valence-corrected chi connectivity index (χ1v) is 10.6. The van der Waals surface area contributed by atoms with Gasteiger partial charge in [-0.3, -0.25) is 14.9 Å². The monoisotopic (exact) mass is 476 g/mol. The number of ether oxygens (including phenoxy) is 2. The maximum atomic E-state index is 13.4. The maximum Gasteiger partial charge on any atom is 0.258 e. The maximum absolute atomic E-state index is 13.4. The highest BCUT2D eigenvalue weighted by Crippen LogP contribution is 2.60. The van der Waals surface area contributed by atoms with E-state index in [4.69, 9.17) is 21.1 Å². The first kappa shape index (κ1) is 23.1. The fourth-order valence-electron chi connectivity index (χ4n) is 4.57. The molecule has 1 heterocycles. The van der Waals surface area contributed by atoms with Crippen LogP contribution in [0.4, 0.5) is 13.2 Å². The van der Waals surface area contributed by atoms with E-state index in [0.717, 1.165) is 6.07 Å². The van der Waals surface area contributed by atoms with E-state index in [1.165, 1.54) is 12.1 Å². The summed E-state index contributed by atoms with van der Waals surface area (Å²) in [5, 5.41) is 11.3. The number of carbonyl (C=O) groups excluding carboxylic acids is 2. The molecule has 0 radical (unpaired) electrons. The number of halogens is 4. The highest BCUT2D eigenvalue weighted by Gasteiger charge is 2.69. The van der Waals surface area contributed by atoms with Gasteiger partial charge >= 0.3 is 0 Å². The van der Waals surface area contributed by atoms with Crippen molar-refractivity contribution in [2.45, 2.75) is 49.0 Å². The van der Waals surface area contributed by atoms with Gasteiger partial charge in [-0.05, 0) is 31.4 Å². The van der Waals surface area contributed by atoms with Crippen LogP contribution < -0.4 is 26.0 Å². The van der Waals surface area contributed by atoms with Crippen molar-refractivity contribution in [3.63, 3.8) is 0 Å². The van der Waals surface area contributed by atoms with Crippen molar-refractivity contribution in [3.05, 3.63) is 29.0 Å². The molecule has 2 atom stereocenters. The summed E-state index contributed by atoms with van der Waals surface area (Å²) >= 11 is 5.61. The molecule has 4 N–H and O–H groups in total. The third-order valence-electron chi connectivity index (χ3n) is 5.95. The van der Waals surface area contributed by atoms with Crippen molar-refractivity contribution in [2.75, 3.05) is 26.3 Å². The lowest BCUT2D eigenvalue weighted by Crippen LogP contribution is -2.84. The van der Waals surface area contributed by atoms with E-state index in [0.29, 0.717) is 19.3 Å². The van der Waals surface area contributed by atoms with Crippen molar-refractivity contribution < 1.29 is 32.2 Å². The van der Waals surface area contributed by atoms with Crippen LogP contribution in [0.5, 0.6) is 5.75 Å². The minimum absolute atomic E-state index is 0.0273. The van der Waals surface area contributed by atoms with Gasteiger partial charge in [0.2, 0.25) is 5.91 Å². The molecule has 0 spiro atoms. The molecule has 12 heteroatoms. The van der Waals surface area contributed by atoms with Gasteiger partial charge in [-0.1, -0.05) is 11.6 Å². The number of alkyl halides is 2. The average Bonchev–Trinajstić information content (AvgIpc) is 2.71. The van der Waals surface area contributed by atoms with Gasteiger partial charge in [0.1, 0.15) is 24.4 Å². The number of hydrogen-bond acceptors (Lipinski definition) is 6. The lowest BCUT2D eigenvalue weighted by molar-refractivity contribution is -0.154. The number of hydrogen-bond donors (Lipinski definition) is 4. The van der Waals surface area contributed by atoms with Gasteiger partial charge in [0.05, 0.1) is 11.1 Å². The fourth-order valence-corrected chi connectivity index (χ4v) is 4.68. The third-order valence-corrected chi connectivity index (χ3v) is 6.26. The highest BCUT2D eigenvalue weighted by molar-refractivity contribution is 6.30. The van der Waals surface area contributed by atoms with E-state index in [2.05, 4.69) is 21.3 Å². The van der Waals surface area contributed by atoms with E-state index in [-0.39, 0.29) is 60.0 Å². The molecule has 8 nitrogen and oxygen atoms in total. The summed E-state index contributed by atoms with van der Waals surface area (Å²) in [6, 6.07) is 3.01. The molecule has 1 aliphatic heterocycles. The Morgan fingerprint density at radius 2 is 1.75 bits per heavy atom. The Hall–Kier alpha value is -2.08. The standard InChI is InChI=1S/C20H24ClF3N4O4/c21-12-2-1-11(3-13(12)22)31-6-15(29)27-19-8-20(9-19,10-19)28-16(30)7-32-17-5-25-14(4-26-17)18(23)24/h1-3,14,17-18,25-26H,4-10H2,(H,27,29)(H,28,30). The van der Waals surface area contributed by atoms with Crippen LogP contribution >= 0.6 is 11.6 Å². The number of rotatable bonds is 9. The molecule has 0 aromatic heterocycles. The van der Waals surface area contributed by atoms with E-state index in [1.54, 1.807) is 0 Å². The molecule has 1 aromatic rings. The van der Waals surface area contributed by atoms with E-state index >= 15 is 0 Å². The van der Waals surface area contributed by atoms with Crippen molar-refractivity contribution in [2.24, 2.45) is 0 Å². The fraction of sp³-hybridized carbons (Fsp3) is 0.600. The van der Waals surface area contributed by atoms with Gasteiger partial charge in [-0.2, -0.15) is 0 Å². The first-order valence-electron chi connectivity index (χ1n) is 10.2. The van der Waals surface area contributed by atoms with Crippen LogP contribution in [0.2, 0.25) is 5.02 Å². The summed E-state index contributed by atoms with van der Waals surface area (Å²) in [7, 11) is 0. The molecular weight excluding hydrogens is 453 g/mol. The Morgan fingerprint density at radius 1 is 1.09 bits per heavy atom. The van der Waals surface area contributed by atoms with Crippen LogP contribution in [0.1, 0.15) is 19.3 Å². The van der Waals surface area contributed by atoms with Crippen LogP contribution in [0.15, 0.2) is 18.2 Å². The SMILES string of the molecule is O=C(COc1ccc(Cl)c(F)c1)NC12CC(NC(=O)COC3CNC(C(F)F)CN3)(C1)C2. The molecule has 1 saturated heterocycles. The summed E-state index contributed by atoms with van der Waals surface area (Å²) in [5.41, 5.74) is -0.716. The number of piperazine rings is 1. The minimum Gasteiger partial charge on any atom is -0.484 e. The molecule has 5 rings (SSSR count). The van der Waals surface area contributed by atoms with E-state index < -0.39 is 24.5 Å². The van der Waals surface area contributed by atoms with Crippen LogP contribution in [0.25, 0.3) is 0 Å². The molecule has 2 unspecified atom stereocenters. The van der Waals surface area contributed by atoms with Crippen molar-refractivity contribution in [1.82, 2.24) is 21.3 Å². The molecule has 2 amide bonds. The Kier molecular flexibility index (Phi) is 6.53.